The maximum absolute atomic E-state index is 11.8. The third-order valence-corrected chi connectivity index (χ3v) is 2.73. The Hall–Kier alpha value is -2.21. The summed E-state index contributed by atoms with van der Waals surface area (Å²) in [5, 5.41) is 8.70. The van der Waals surface area contributed by atoms with Gasteiger partial charge in [-0.3, -0.25) is 9.59 Å². The van der Waals surface area contributed by atoms with Crippen LogP contribution in [0.1, 0.15) is 18.4 Å². The molecule has 6 heteroatoms. The molecule has 1 atom stereocenters. The summed E-state index contributed by atoms with van der Waals surface area (Å²) in [6.45, 7) is 0.279. The number of Topliss-reactive ketones (excluding diaryl/α,β-unsaturated/α-hetero) is 1. The van der Waals surface area contributed by atoms with E-state index in [-0.39, 0.29) is 19.6 Å². The lowest BCUT2D eigenvalue weighted by molar-refractivity contribution is -0.160. The fourth-order valence-electron chi connectivity index (χ4n) is 1.66. The molecule has 0 amide bonds. The standard InChI is InChI=1S/C14H17NO5/c15-8-4-7-11(12(16)13(17)18)14(19)20-9-10-5-2-1-3-6-10/h1-3,5-6,11H,4,7-9,15H2,(H,17,18). The molecule has 1 aromatic rings. The Morgan fingerprint density at radius 1 is 1.20 bits per heavy atom. The van der Waals surface area contributed by atoms with Crippen molar-refractivity contribution in [1.82, 2.24) is 0 Å². The van der Waals surface area contributed by atoms with E-state index in [2.05, 4.69) is 0 Å². The van der Waals surface area contributed by atoms with Crippen LogP contribution in [-0.2, 0) is 25.7 Å². The van der Waals surface area contributed by atoms with E-state index in [9.17, 15) is 14.4 Å². The molecule has 0 fully saturated rings. The normalized spacial score (nSPS) is 11.7. The van der Waals surface area contributed by atoms with E-state index in [1.807, 2.05) is 6.07 Å². The summed E-state index contributed by atoms with van der Waals surface area (Å²) in [6.07, 6.45) is 0.458. The van der Waals surface area contributed by atoms with Crippen molar-refractivity contribution in [1.29, 1.82) is 0 Å². The molecule has 20 heavy (non-hydrogen) atoms. The molecule has 0 radical (unpaired) electrons. The van der Waals surface area contributed by atoms with Crippen LogP contribution in [0.4, 0.5) is 0 Å². The number of carboxylic acids is 1. The molecular weight excluding hydrogens is 262 g/mol. The van der Waals surface area contributed by atoms with E-state index >= 15 is 0 Å². The molecule has 1 unspecified atom stereocenters. The quantitative estimate of drug-likeness (QED) is 0.413. The van der Waals surface area contributed by atoms with Crippen LogP contribution < -0.4 is 5.73 Å². The molecule has 1 rings (SSSR count). The number of esters is 1. The molecule has 3 N–H and O–H groups in total. The van der Waals surface area contributed by atoms with E-state index < -0.39 is 23.6 Å². The first-order chi connectivity index (χ1) is 9.56. The predicted molar refractivity (Wildman–Crippen MR) is 70.7 cm³/mol. The number of nitrogens with two attached hydrogens (primary N) is 1. The second-order valence-corrected chi connectivity index (χ2v) is 4.25. The van der Waals surface area contributed by atoms with E-state index in [0.717, 1.165) is 5.56 Å². The van der Waals surface area contributed by atoms with Crippen molar-refractivity contribution >= 4 is 17.7 Å². The van der Waals surface area contributed by atoms with Gasteiger partial charge < -0.3 is 15.6 Å². The summed E-state index contributed by atoms with van der Waals surface area (Å²) < 4.78 is 4.99. The van der Waals surface area contributed by atoms with Crippen molar-refractivity contribution in [2.45, 2.75) is 19.4 Å². The summed E-state index contributed by atoms with van der Waals surface area (Å²) in [4.78, 5) is 34.0. The number of aliphatic carboxylic acids is 1. The van der Waals surface area contributed by atoms with Crippen molar-refractivity contribution in [3.05, 3.63) is 35.9 Å². The zero-order valence-corrected chi connectivity index (χ0v) is 11.0. The third-order valence-electron chi connectivity index (χ3n) is 2.73. The molecule has 0 spiro atoms. The lowest BCUT2D eigenvalue weighted by Gasteiger charge is -2.12. The molecule has 0 aliphatic carbocycles. The van der Waals surface area contributed by atoms with Crippen molar-refractivity contribution in [3.8, 4) is 0 Å². The van der Waals surface area contributed by atoms with E-state index in [4.69, 9.17) is 15.6 Å². The van der Waals surface area contributed by atoms with Crippen LogP contribution in [0.3, 0.4) is 0 Å². The van der Waals surface area contributed by atoms with E-state index in [1.54, 1.807) is 24.3 Å². The number of benzene rings is 1. The second-order valence-electron chi connectivity index (χ2n) is 4.25. The van der Waals surface area contributed by atoms with Gasteiger partial charge in [-0.25, -0.2) is 4.79 Å². The highest BCUT2D eigenvalue weighted by atomic mass is 16.5. The minimum atomic E-state index is -1.64. The first-order valence-corrected chi connectivity index (χ1v) is 6.24. The van der Waals surface area contributed by atoms with Gasteiger partial charge in [-0.2, -0.15) is 0 Å². The van der Waals surface area contributed by atoms with Crippen molar-refractivity contribution in [2.75, 3.05) is 6.54 Å². The Morgan fingerprint density at radius 3 is 2.40 bits per heavy atom. The third kappa shape index (κ3) is 4.81. The summed E-state index contributed by atoms with van der Waals surface area (Å²) in [5.41, 5.74) is 6.07. The molecular formula is C14H17NO5. The summed E-state index contributed by atoms with van der Waals surface area (Å²) in [6, 6.07) is 8.93. The van der Waals surface area contributed by atoms with Gasteiger partial charge in [0, 0.05) is 0 Å². The van der Waals surface area contributed by atoms with E-state index in [0.29, 0.717) is 6.42 Å². The number of rotatable bonds is 8. The van der Waals surface area contributed by atoms with Gasteiger partial charge in [-0.05, 0) is 24.9 Å². The van der Waals surface area contributed by atoms with Crippen LogP contribution in [0, 0.1) is 5.92 Å². The highest BCUT2D eigenvalue weighted by Crippen LogP contribution is 2.12. The minimum absolute atomic E-state index is 0.00565. The first-order valence-electron chi connectivity index (χ1n) is 6.24. The molecule has 1 aromatic carbocycles. The molecule has 0 aliphatic heterocycles. The van der Waals surface area contributed by atoms with Crippen molar-refractivity contribution in [2.24, 2.45) is 11.7 Å². The fourth-order valence-corrected chi connectivity index (χ4v) is 1.66. The SMILES string of the molecule is NCCCC(C(=O)OCc1ccccc1)C(=O)C(=O)O. The molecule has 0 heterocycles. The van der Waals surface area contributed by atoms with Crippen molar-refractivity contribution in [3.63, 3.8) is 0 Å². The zero-order chi connectivity index (χ0) is 15.0. The van der Waals surface area contributed by atoms with Crippen LogP contribution in [0.2, 0.25) is 0 Å². The number of carbonyl (C=O) groups excluding carboxylic acids is 2. The molecule has 0 aliphatic rings. The summed E-state index contributed by atoms with van der Waals surface area (Å²) >= 11 is 0. The Balaban J connectivity index is 2.63. The van der Waals surface area contributed by atoms with Gasteiger partial charge in [0.2, 0.25) is 0 Å². The van der Waals surface area contributed by atoms with Gasteiger partial charge in [0.05, 0.1) is 0 Å². The molecule has 0 saturated carbocycles. The highest BCUT2D eigenvalue weighted by molar-refractivity contribution is 6.37. The number of carbonyl (C=O) groups is 3. The maximum atomic E-state index is 11.8. The van der Waals surface area contributed by atoms with Gasteiger partial charge in [-0.15, -0.1) is 0 Å². The van der Waals surface area contributed by atoms with Gasteiger partial charge in [-0.1, -0.05) is 30.3 Å². The Kier molecular flexibility index (Phi) is 6.39. The molecule has 108 valence electrons. The monoisotopic (exact) mass is 279 g/mol. The maximum Gasteiger partial charge on any atom is 0.373 e. The number of carboxylic acid groups (broad SMARTS) is 1. The van der Waals surface area contributed by atoms with Gasteiger partial charge in [0.1, 0.15) is 12.5 Å². The molecule has 0 bridgehead atoms. The number of ketones is 1. The Labute approximate surface area is 116 Å². The van der Waals surface area contributed by atoms with Crippen LogP contribution in [0.25, 0.3) is 0 Å². The largest absolute Gasteiger partial charge is 0.475 e. The fraction of sp³-hybridized carbons (Fsp3) is 0.357. The molecule has 0 aromatic heterocycles. The lowest BCUT2D eigenvalue weighted by atomic mass is 9.98. The van der Waals surface area contributed by atoms with Gasteiger partial charge in [0.25, 0.3) is 5.78 Å². The van der Waals surface area contributed by atoms with Crippen molar-refractivity contribution < 1.29 is 24.2 Å². The highest BCUT2D eigenvalue weighted by Gasteiger charge is 2.32. The lowest BCUT2D eigenvalue weighted by Crippen LogP contribution is -2.32. The second kappa shape index (κ2) is 8.06. The van der Waals surface area contributed by atoms with Gasteiger partial charge >= 0.3 is 11.9 Å². The average molecular weight is 279 g/mol. The molecule has 6 nitrogen and oxygen atoms in total. The minimum Gasteiger partial charge on any atom is -0.475 e. The van der Waals surface area contributed by atoms with Crippen LogP contribution in [0.5, 0.6) is 0 Å². The van der Waals surface area contributed by atoms with Crippen LogP contribution in [-0.4, -0.2) is 29.4 Å². The summed E-state index contributed by atoms with van der Waals surface area (Å²) in [7, 11) is 0. The Bertz CT molecular complexity index is 472. The zero-order valence-electron chi connectivity index (χ0n) is 11.0. The first kappa shape index (κ1) is 15.8. The van der Waals surface area contributed by atoms with Crippen LogP contribution in [0.15, 0.2) is 30.3 Å². The number of ether oxygens (including phenoxy) is 1. The number of hydrogen-bond acceptors (Lipinski definition) is 5. The number of hydrogen-bond donors (Lipinski definition) is 2. The topological polar surface area (TPSA) is 107 Å². The smallest absolute Gasteiger partial charge is 0.373 e. The van der Waals surface area contributed by atoms with Gasteiger partial charge in [0.15, 0.2) is 0 Å². The Morgan fingerprint density at radius 2 is 1.85 bits per heavy atom. The summed E-state index contributed by atoms with van der Waals surface area (Å²) in [5.74, 6) is -4.91. The average Bonchev–Trinajstić information content (AvgIpc) is 2.46. The van der Waals surface area contributed by atoms with Crippen LogP contribution >= 0.6 is 0 Å². The van der Waals surface area contributed by atoms with E-state index in [1.165, 1.54) is 0 Å². The molecule has 0 saturated heterocycles. The predicted octanol–water partition coefficient (Wildman–Crippen LogP) is 0.739.